The Bertz CT molecular complexity index is 720. The number of nitrogens with zero attached hydrogens (tertiary/aromatic N) is 1. The summed E-state index contributed by atoms with van der Waals surface area (Å²) in [4.78, 5) is 37.2. The third kappa shape index (κ3) is 3.60. The Morgan fingerprint density at radius 2 is 1.92 bits per heavy atom. The van der Waals surface area contributed by atoms with Crippen LogP contribution in [0.15, 0.2) is 24.3 Å². The minimum atomic E-state index is -1.12. The number of esters is 1. The fourth-order valence-corrected chi connectivity index (χ4v) is 3.44. The van der Waals surface area contributed by atoms with E-state index in [2.05, 4.69) is 5.32 Å². The highest BCUT2D eigenvalue weighted by Gasteiger charge is 2.69. The number of anilines is 2. The first-order chi connectivity index (χ1) is 11.7. The molecule has 0 spiro atoms. The number of alkyl halides is 2. The van der Waals surface area contributed by atoms with E-state index in [1.54, 1.807) is 36.1 Å². The molecule has 2 fully saturated rings. The smallest absolute Gasteiger partial charge is 0.315 e. The van der Waals surface area contributed by atoms with Gasteiger partial charge in [-0.1, -0.05) is 0 Å². The van der Waals surface area contributed by atoms with Crippen molar-refractivity contribution >= 4 is 52.4 Å². The molecule has 6 nitrogen and oxygen atoms in total. The quantitative estimate of drug-likeness (QED) is 0.625. The van der Waals surface area contributed by atoms with Gasteiger partial charge in [-0.3, -0.25) is 14.4 Å². The monoisotopic (exact) mass is 384 g/mol. The summed E-state index contributed by atoms with van der Waals surface area (Å²) in [5.74, 6) is -0.945. The number of carbonyl (C=O) groups is 3. The maximum Gasteiger partial charge on any atom is 0.315 e. The summed E-state index contributed by atoms with van der Waals surface area (Å²) < 4.78 is 3.86. The number of amides is 2. The van der Waals surface area contributed by atoms with Crippen molar-refractivity contribution < 1.29 is 19.1 Å². The highest BCUT2D eigenvalue weighted by Crippen LogP contribution is 2.64. The Hall–Kier alpha value is -1.79. The molecule has 1 aliphatic carbocycles. The van der Waals surface area contributed by atoms with Crippen LogP contribution in [0.1, 0.15) is 26.2 Å². The van der Waals surface area contributed by atoms with Gasteiger partial charge in [0.25, 0.3) is 5.91 Å². The Labute approximate surface area is 155 Å². The van der Waals surface area contributed by atoms with Gasteiger partial charge < -0.3 is 15.0 Å². The van der Waals surface area contributed by atoms with Crippen LogP contribution in [0.3, 0.4) is 0 Å². The van der Waals surface area contributed by atoms with Crippen molar-refractivity contribution in [2.75, 3.05) is 23.4 Å². The van der Waals surface area contributed by atoms with Crippen LogP contribution >= 0.6 is 23.2 Å². The van der Waals surface area contributed by atoms with Gasteiger partial charge in [0.1, 0.15) is 9.75 Å². The summed E-state index contributed by atoms with van der Waals surface area (Å²) >= 11 is 11.8. The van der Waals surface area contributed by atoms with Crippen molar-refractivity contribution in [2.45, 2.75) is 30.5 Å². The van der Waals surface area contributed by atoms with Gasteiger partial charge in [0.15, 0.2) is 6.61 Å². The van der Waals surface area contributed by atoms with Crippen LogP contribution in [-0.2, 0) is 19.1 Å². The molecule has 1 atom stereocenters. The third-order valence-electron chi connectivity index (χ3n) is 4.58. The molecular weight excluding hydrogens is 367 g/mol. The van der Waals surface area contributed by atoms with Gasteiger partial charge in [0.2, 0.25) is 5.91 Å². The van der Waals surface area contributed by atoms with Crippen molar-refractivity contribution in [3.8, 4) is 0 Å². The summed E-state index contributed by atoms with van der Waals surface area (Å²) in [6, 6.07) is 6.94. The Morgan fingerprint density at radius 3 is 2.44 bits per heavy atom. The standard InChI is InChI=1S/C17H18Cl2N2O4/c1-16(10-17(16,18)19)15(24)25-9-13(22)20-11-4-6-12(7-5-11)21-8-2-3-14(21)23/h4-7H,2-3,8-10H2,1H3,(H,20,22)/t16-/m0/s1. The normalized spacial score (nSPS) is 24.1. The predicted molar refractivity (Wildman–Crippen MR) is 94.8 cm³/mol. The number of hydrogen-bond acceptors (Lipinski definition) is 4. The molecule has 2 aliphatic rings. The number of carbonyl (C=O) groups excluding carboxylic acids is 3. The molecule has 25 heavy (non-hydrogen) atoms. The molecule has 1 N–H and O–H groups in total. The van der Waals surface area contributed by atoms with E-state index in [-0.39, 0.29) is 5.91 Å². The largest absolute Gasteiger partial charge is 0.455 e. The van der Waals surface area contributed by atoms with Crippen LogP contribution in [0.5, 0.6) is 0 Å². The topological polar surface area (TPSA) is 75.7 Å². The molecule has 0 aromatic heterocycles. The van der Waals surface area contributed by atoms with E-state index in [1.165, 1.54) is 0 Å². The molecule has 1 aliphatic heterocycles. The second-order valence-corrected chi connectivity index (χ2v) is 8.02. The zero-order valence-corrected chi connectivity index (χ0v) is 15.2. The first kappa shape index (κ1) is 18.0. The van der Waals surface area contributed by atoms with Crippen molar-refractivity contribution in [1.82, 2.24) is 0 Å². The number of nitrogens with one attached hydrogen (secondary N) is 1. The number of benzene rings is 1. The van der Waals surface area contributed by atoms with E-state index in [0.29, 0.717) is 25.1 Å². The van der Waals surface area contributed by atoms with Crippen LogP contribution in [0.25, 0.3) is 0 Å². The highest BCUT2D eigenvalue weighted by atomic mass is 35.5. The molecule has 134 valence electrons. The highest BCUT2D eigenvalue weighted by molar-refractivity contribution is 6.53. The maximum absolute atomic E-state index is 11.9. The van der Waals surface area contributed by atoms with Gasteiger partial charge in [-0.15, -0.1) is 23.2 Å². The second kappa shape index (κ2) is 6.50. The summed E-state index contributed by atoms with van der Waals surface area (Å²) in [5.41, 5.74) is 0.396. The van der Waals surface area contributed by atoms with Crippen LogP contribution < -0.4 is 10.2 Å². The summed E-state index contributed by atoms with van der Waals surface area (Å²) in [6.07, 6.45) is 1.72. The van der Waals surface area contributed by atoms with Crippen LogP contribution in [0.2, 0.25) is 0 Å². The van der Waals surface area contributed by atoms with Gasteiger partial charge >= 0.3 is 5.97 Å². The predicted octanol–water partition coefficient (Wildman–Crippen LogP) is 2.88. The summed E-state index contributed by atoms with van der Waals surface area (Å²) in [6.45, 7) is 1.90. The fourth-order valence-electron chi connectivity index (χ4n) is 2.75. The van der Waals surface area contributed by atoms with Crippen LogP contribution in [0, 0.1) is 5.41 Å². The van der Waals surface area contributed by atoms with Gasteiger partial charge in [-0.25, -0.2) is 0 Å². The average molecular weight is 385 g/mol. The zero-order valence-electron chi connectivity index (χ0n) is 13.7. The van der Waals surface area contributed by atoms with Crippen molar-refractivity contribution in [2.24, 2.45) is 5.41 Å². The number of halogens is 2. The van der Waals surface area contributed by atoms with Gasteiger partial charge in [0.05, 0.1) is 0 Å². The summed E-state index contributed by atoms with van der Waals surface area (Å²) in [5, 5.41) is 2.63. The van der Waals surface area contributed by atoms with Crippen molar-refractivity contribution in [3.05, 3.63) is 24.3 Å². The average Bonchev–Trinajstić information content (AvgIpc) is 2.88. The fraction of sp³-hybridized carbons (Fsp3) is 0.471. The van der Waals surface area contributed by atoms with E-state index >= 15 is 0 Å². The lowest BCUT2D eigenvalue weighted by atomic mass is 10.1. The van der Waals surface area contributed by atoms with Crippen molar-refractivity contribution in [1.29, 1.82) is 0 Å². The lowest BCUT2D eigenvalue weighted by Gasteiger charge is -2.16. The Morgan fingerprint density at radius 1 is 1.28 bits per heavy atom. The molecule has 8 heteroatoms. The minimum absolute atomic E-state index is 0.104. The molecule has 1 heterocycles. The van der Waals surface area contributed by atoms with E-state index in [0.717, 1.165) is 12.1 Å². The SMILES string of the molecule is C[C@@]1(C(=O)OCC(=O)Nc2ccc(N3CCCC3=O)cc2)CC1(Cl)Cl. The molecule has 1 saturated heterocycles. The van der Waals surface area contributed by atoms with E-state index in [9.17, 15) is 14.4 Å². The number of ether oxygens (including phenoxy) is 1. The molecule has 1 saturated carbocycles. The number of hydrogen-bond donors (Lipinski definition) is 1. The van der Waals surface area contributed by atoms with E-state index < -0.39 is 28.2 Å². The number of rotatable bonds is 5. The van der Waals surface area contributed by atoms with Gasteiger partial charge in [-0.05, 0) is 37.6 Å². The minimum Gasteiger partial charge on any atom is -0.455 e. The molecular formula is C17H18Cl2N2O4. The van der Waals surface area contributed by atoms with E-state index in [1.807, 2.05) is 0 Å². The van der Waals surface area contributed by atoms with Crippen LogP contribution in [0.4, 0.5) is 11.4 Å². The van der Waals surface area contributed by atoms with E-state index in [4.69, 9.17) is 27.9 Å². The first-order valence-corrected chi connectivity index (χ1v) is 8.74. The molecule has 0 bridgehead atoms. The third-order valence-corrected chi connectivity index (χ3v) is 5.68. The lowest BCUT2D eigenvalue weighted by Crippen LogP contribution is -2.27. The molecule has 0 unspecified atom stereocenters. The second-order valence-electron chi connectivity index (χ2n) is 6.53. The maximum atomic E-state index is 11.9. The molecule has 1 aromatic carbocycles. The molecule has 0 radical (unpaired) electrons. The van der Waals surface area contributed by atoms with Crippen LogP contribution in [-0.4, -0.2) is 35.3 Å². The molecule has 3 rings (SSSR count). The van der Waals surface area contributed by atoms with Crippen molar-refractivity contribution in [3.63, 3.8) is 0 Å². The van der Waals surface area contributed by atoms with Gasteiger partial charge in [0, 0.05) is 30.8 Å². The Balaban J connectivity index is 1.50. The summed E-state index contributed by atoms with van der Waals surface area (Å²) in [7, 11) is 0. The zero-order chi connectivity index (χ0) is 18.2. The molecule has 1 aromatic rings. The molecule has 2 amide bonds. The lowest BCUT2D eigenvalue weighted by molar-refractivity contribution is -0.152. The Kier molecular flexibility index (Phi) is 4.68. The first-order valence-electron chi connectivity index (χ1n) is 7.98. The van der Waals surface area contributed by atoms with Gasteiger partial charge in [-0.2, -0.15) is 0 Å².